The van der Waals surface area contributed by atoms with E-state index in [1.54, 1.807) is 0 Å². The second-order valence-corrected chi connectivity index (χ2v) is 3.58. The molecule has 0 atom stereocenters. The van der Waals surface area contributed by atoms with Crippen molar-refractivity contribution in [3.05, 3.63) is 24.3 Å². The predicted octanol–water partition coefficient (Wildman–Crippen LogP) is -0.100. The molecule has 1 aromatic carbocycles. The number of anilines is 1. The Morgan fingerprint density at radius 2 is 2.05 bits per heavy atom. The molecule has 2 heterocycles. The van der Waals surface area contributed by atoms with Gasteiger partial charge in [-0.2, -0.15) is 19.6 Å². The Balaban J connectivity index is 2.20. The number of hydrogen-bond donors (Lipinski definition) is 2. The van der Waals surface area contributed by atoms with Gasteiger partial charge in [0.15, 0.2) is 0 Å². The molecule has 3 rings (SSSR count). The molecule has 3 N–H and O–H groups in total. The highest BCUT2D eigenvalue weighted by atomic mass is 16.5. The summed E-state index contributed by atoms with van der Waals surface area (Å²) in [4.78, 5) is 12.1. The number of methoxy groups -OCH3 is 1. The Labute approximate surface area is 107 Å². The third kappa shape index (κ3) is 1.91. The first-order valence-corrected chi connectivity index (χ1v) is 5.39. The first kappa shape index (κ1) is 11.3. The van der Waals surface area contributed by atoms with Gasteiger partial charge in [0, 0.05) is 0 Å². The van der Waals surface area contributed by atoms with Crippen molar-refractivity contribution in [3.63, 3.8) is 0 Å². The number of para-hydroxylation sites is 1. The molecule has 2 aromatic heterocycles. The predicted molar refractivity (Wildman–Crippen MR) is 66.6 cm³/mol. The molecular formula is C10H10N8O. The number of benzene rings is 1. The summed E-state index contributed by atoms with van der Waals surface area (Å²) in [5, 5.41) is 8.03. The summed E-state index contributed by atoms with van der Waals surface area (Å²) in [6.07, 6.45) is 0. The molecule has 0 radical (unpaired) electrons. The van der Waals surface area contributed by atoms with E-state index in [2.05, 4.69) is 30.7 Å². The molecule has 96 valence electrons. The van der Waals surface area contributed by atoms with Crippen molar-refractivity contribution in [2.45, 2.75) is 0 Å². The van der Waals surface area contributed by atoms with Crippen LogP contribution in [0.2, 0.25) is 0 Å². The maximum atomic E-state index is 5.30. The zero-order valence-corrected chi connectivity index (χ0v) is 9.98. The highest BCUT2D eigenvalue weighted by molar-refractivity contribution is 5.75. The quantitative estimate of drug-likeness (QED) is 0.494. The minimum absolute atomic E-state index is 0.137. The molecule has 0 aliphatic heterocycles. The summed E-state index contributed by atoms with van der Waals surface area (Å²) in [6, 6.07) is 7.60. The summed E-state index contributed by atoms with van der Waals surface area (Å²) >= 11 is 0. The van der Waals surface area contributed by atoms with Crippen molar-refractivity contribution >= 4 is 17.0 Å². The number of hydrogen-bond acceptors (Lipinski definition) is 8. The second-order valence-electron chi connectivity index (χ2n) is 3.58. The van der Waals surface area contributed by atoms with Gasteiger partial charge in [0.2, 0.25) is 5.95 Å². The average molecular weight is 258 g/mol. The van der Waals surface area contributed by atoms with E-state index in [1.807, 2.05) is 24.3 Å². The summed E-state index contributed by atoms with van der Waals surface area (Å²) in [6.45, 7) is 0. The van der Waals surface area contributed by atoms with Crippen LogP contribution in [0.5, 0.6) is 6.01 Å². The Morgan fingerprint density at radius 1 is 1.21 bits per heavy atom. The molecule has 0 aliphatic carbocycles. The van der Waals surface area contributed by atoms with Gasteiger partial charge in [-0.3, -0.25) is 5.43 Å². The highest BCUT2D eigenvalue weighted by Crippen LogP contribution is 2.15. The fourth-order valence-corrected chi connectivity index (χ4v) is 1.61. The van der Waals surface area contributed by atoms with E-state index in [9.17, 15) is 0 Å². The molecule has 9 heteroatoms. The molecule has 0 saturated carbocycles. The van der Waals surface area contributed by atoms with Crippen molar-refractivity contribution in [3.8, 4) is 12.0 Å². The van der Waals surface area contributed by atoms with Crippen LogP contribution in [0.25, 0.3) is 17.0 Å². The van der Waals surface area contributed by atoms with Crippen molar-refractivity contribution in [1.82, 2.24) is 29.9 Å². The van der Waals surface area contributed by atoms with Crippen LogP contribution in [0.4, 0.5) is 5.95 Å². The highest BCUT2D eigenvalue weighted by Gasteiger charge is 2.12. The van der Waals surface area contributed by atoms with Crippen LogP contribution in [0.15, 0.2) is 24.3 Å². The standard InChI is InChI=1S/C10H10N8O/c1-19-10-13-8(15-11)12-9(14-10)18-7-5-3-2-4-6(7)16-17-18/h2-5H,11H2,1H3,(H,12,13,14,15). The number of nitrogens with one attached hydrogen (secondary N) is 1. The Morgan fingerprint density at radius 3 is 2.84 bits per heavy atom. The van der Waals surface area contributed by atoms with Crippen molar-refractivity contribution in [2.24, 2.45) is 5.84 Å². The zero-order valence-electron chi connectivity index (χ0n) is 9.98. The maximum absolute atomic E-state index is 5.30. The monoisotopic (exact) mass is 258 g/mol. The van der Waals surface area contributed by atoms with Crippen molar-refractivity contribution in [1.29, 1.82) is 0 Å². The Hall–Kier alpha value is -2.81. The molecule has 3 aromatic rings. The van der Waals surface area contributed by atoms with Crippen LogP contribution in [-0.2, 0) is 0 Å². The summed E-state index contributed by atoms with van der Waals surface area (Å²) in [5.41, 5.74) is 3.86. The van der Waals surface area contributed by atoms with E-state index in [0.717, 1.165) is 11.0 Å². The summed E-state index contributed by atoms with van der Waals surface area (Å²) in [5.74, 6) is 5.76. The fourth-order valence-electron chi connectivity index (χ4n) is 1.61. The number of fused-ring (bicyclic) bond motifs is 1. The van der Waals surface area contributed by atoms with E-state index in [1.165, 1.54) is 11.8 Å². The van der Waals surface area contributed by atoms with Gasteiger partial charge < -0.3 is 4.74 Å². The number of nitrogens with two attached hydrogens (primary N) is 1. The average Bonchev–Trinajstić information content (AvgIpc) is 2.90. The molecule has 9 nitrogen and oxygen atoms in total. The molecule has 0 aliphatic rings. The third-order valence-electron chi connectivity index (χ3n) is 2.46. The molecule has 0 saturated heterocycles. The maximum Gasteiger partial charge on any atom is 0.322 e. The lowest BCUT2D eigenvalue weighted by molar-refractivity contribution is 0.377. The Kier molecular flexibility index (Phi) is 2.65. The minimum Gasteiger partial charge on any atom is -0.467 e. The van der Waals surface area contributed by atoms with Crippen LogP contribution in [0, 0.1) is 0 Å². The lowest BCUT2D eigenvalue weighted by Crippen LogP contribution is -2.14. The molecule has 0 amide bonds. The number of nitrogen functional groups attached to an aromatic ring is 1. The normalized spacial score (nSPS) is 10.6. The first-order chi connectivity index (χ1) is 9.31. The van der Waals surface area contributed by atoms with E-state index in [-0.39, 0.29) is 17.9 Å². The second kappa shape index (κ2) is 4.46. The van der Waals surface area contributed by atoms with Gasteiger partial charge in [-0.1, -0.05) is 17.3 Å². The number of rotatable bonds is 3. The number of ether oxygens (including phenoxy) is 1. The first-order valence-electron chi connectivity index (χ1n) is 5.39. The zero-order chi connectivity index (χ0) is 13.2. The number of nitrogens with zero attached hydrogens (tertiary/aromatic N) is 6. The lowest BCUT2D eigenvalue weighted by Gasteiger charge is -2.05. The molecule has 0 spiro atoms. The van der Waals surface area contributed by atoms with E-state index < -0.39 is 0 Å². The summed E-state index contributed by atoms with van der Waals surface area (Å²) in [7, 11) is 1.46. The largest absolute Gasteiger partial charge is 0.467 e. The van der Waals surface area contributed by atoms with Gasteiger partial charge in [0.1, 0.15) is 5.52 Å². The molecular weight excluding hydrogens is 248 g/mol. The van der Waals surface area contributed by atoms with Gasteiger partial charge in [0.05, 0.1) is 12.6 Å². The number of hydrazine groups is 1. The van der Waals surface area contributed by atoms with E-state index in [4.69, 9.17) is 10.6 Å². The van der Waals surface area contributed by atoms with Crippen molar-refractivity contribution in [2.75, 3.05) is 12.5 Å². The van der Waals surface area contributed by atoms with Gasteiger partial charge in [-0.05, 0) is 12.1 Å². The van der Waals surface area contributed by atoms with Gasteiger partial charge >= 0.3 is 6.01 Å². The van der Waals surface area contributed by atoms with Crippen LogP contribution >= 0.6 is 0 Å². The fraction of sp³-hybridized carbons (Fsp3) is 0.100. The van der Waals surface area contributed by atoms with Crippen LogP contribution < -0.4 is 16.0 Å². The molecule has 0 fully saturated rings. The van der Waals surface area contributed by atoms with Crippen LogP contribution in [0.1, 0.15) is 0 Å². The molecule has 0 unspecified atom stereocenters. The molecule has 19 heavy (non-hydrogen) atoms. The lowest BCUT2D eigenvalue weighted by atomic mass is 10.3. The topological polar surface area (TPSA) is 117 Å². The van der Waals surface area contributed by atoms with Gasteiger partial charge in [-0.25, -0.2) is 5.84 Å². The minimum atomic E-state index is 0.137. The summed E-state index contributed by atoms with van der Waals surface area (Å²) < 4.78 is 6.47. The third-order valence-corrected chi connectivity index (χ3v) is 2.46. The Bertz CT molecular complexity index is 702. The van der Waals surface area contributed by atoms with Gasteiger partial charge in [0.25, 0.3) is 5.95 Å². The van der Waals surface area contributed by atoms with Gasteiger partial charge in [-0.15, -0.1) is 5.10 Å². The van der Waals surface area contributed by atoms with Crippen LogP contribution in [0.3, 0.4) is 0 Å². The van der Waals surface area contributed by atoms with Crippen molar-refractivity contribution < 1.29 is 4.74 Å². The van der Waals surface area contributed by atoms with E-state index >= 15 is 0 Å². The SMILES string of the molecule is COc1nc(NN)nc(-n2nnc3ccccc32)n1. The smallest absolute Gasteiger partial charge is 0.322 e. The number of aromatic nitrogens is 6. The van der Waals surface area contributed by atoms with Crippen LogP contribution in [-0.4, -0.2) is 37.1 Å². The molecule has 0 bridgehead atoms. The van der Waals surface area contributed by atoms with E-state index in [0.29, 0.717) is 0 Å².